The van der Waals surface area contributed by atoms with E-state index in [9.17, 15) is 14.7 Å². The van der Waals surface area contributed by atoms with E-state index in [1.54, 1.807) is 50.4 Å². The molecule has 0 heterocycles. The molecule has 0 aromatic heterocycles. The van der Waals surface area contributed by atoms with Crippen LogP contribution in [0.1, 0.15) is 18.1 Å². The molecule has 0 aliphatic carbocycles. The summed E-state index contributed by atoms with van der Waals surface area (Å²) in [5.41, 5.74) is 0.286. The molecule has 2 N–H and O–H groups in total. The van der Waals surface area contributed by atoms with Gasteiger partial charge in [0.2, 0.25) is 5.91 Å². The Labute approximate surface area is 141 Å². The van der Waals surface area contributed by atoms with E-state index in [-0.39, 0.29) is 18.9 Å². The fourth-order valence-electron chi connectivity index (χ4n) is 2.41. The summed E-state index contributed by atoms with van der Waals surface area (Å²) in [6.45, 7) is 1.63. The quantitative estimate of drug-likeness (QED) is 0.819. The highest BCUT2D eigenvalue weighted by Gasteiger charge is 2.35. The fourth-order valence-corrected chi connectivity index (χ4v) is 2.41. The lowest BCUT2D eigenvalue weighted by Gasteiger charge is -2.25. The Morgan fingerprint density at radius 2 is 1.83 bits per heavy atom. The Kier molecular flexibility index (Phi) is 5.58. The largest absolute Gasteiger partial charge is 0.497 e. The first-order chi connectivity index (χ1) is 11.5. The summed E-state index contributed by atoms with van der Waals surface area (Å²) >= 11 is 0. The maximum Gasteiger partial charge on any atom is 0.315 e. The van der Waals surface area contributed by atoms with Crippen LogP contribution in [0.4, 0.5) is 0 Å². The third-order valence-corrected chi connectivity index (χ3v) is 4.02. The van der Waals surface area contributed by atoms with Crippen LogP contribution in [0, 0.1) is 0 Å². The molecule has 2 aromatic carbocycles. The summed E-state index contributed by atoms with van der Waals surface area (Å²) in [6, 6.07) is 16.1. The molecule has 0 spiro atoms. The first-order valence-corrected chi connectivity index (χ1v) is 7.64. The number of hydrogen-bond donors (Lipinski definition) is 2. The first kappa shape index (κ1) is 17.5. The van der Waals surface area contributed by atoms with Gasteiger partial charge in [0.1, 0.15) is 11.2 Å². The fraction of sp³-hybridized carbons (Fsp3) is 0.263. The van der Waals surface area contributed by atoms with E-state index >= 15 is 0 Å². The van der Waals surface area contributed by atoms with Crippen molar-refractivity contribution in [3.8, 4) is 5.75 Å². The summed E-state index contributed by atoms with van der Waals surface area (Å²) < 4.78 is 5.13. The maximum atomic E-state index is 12.2. The molecular weight excluding hydrogens is 306 g/mol. The van der Waals surface area contributed by atoms with Crippen molar-refractivity contribution in [3.05, 3.63) is 65.7 Å². The molecule has 0 fully saturated rings. The SMILES string of the molecule is COc1cccc(CC(=O)NCC(C)(C(=O)O)c2ccccc2)c1. The molecule has 0 bridgehead atoms. The highest BCUT2D eigenvalue weighted by Crippen LogP contribution is 2.23. The Bertz CT molecular complexity index is 714. The van der Waals surface area contributed by atoms with Crippen LogP contribution in [0.3, 0.4) is 0 Å². The molecule has 2 aromatic rings. The van der Waals surface area contributed by atoms with E-state index in [1.165, 1.54) is 0 Å². The second kappa shape index (κ2) is 7.64. The van der Waals surface area contributed by atoms with E-state index in [0.29, 0.717) is 11.3 Å². The van der Waals surface area contributed by atoms with Gasteiger partial charge in [-0.2, -0.15) is 0 Å². The highest BCUT2D eigenvalue weighted by molar-refractivity contribution is 5.84. The number of carboxylic acid groups (broad SMARTS) is 1. The average Bonchev–Trinajstić information content (AvgIpc) is 2.60. The number of carbonyl (C=O) groups excluding carboxylic acids is 1. The normalized spacial score (nSPS) is 12.9. The Balaban J connectivity index is 2.04. The van der Waals surface area contributed by atoms with Gasteiger partial charge in [0, 0.05) is 6.54 Å². The Morgan fingerprint density at radius 1 is 1.12 bits per heavy atom. The number of rotatable bonds is 7. The molecule has 2 rings (SSSR count). The summed E-state index contributed by atoms with van der Waals surface area (Å²) in [7, 11) is 1.57. The number of amides is 1. The second-order valence-electron chi connectivity index (χ2n) is 5.81. The predicted octanol–water partition coefficient (Wildman–Crippen LogP) is 2.40. The third kappa shape index (κ3) is 4.13. The van der Waals surface area contributed by atoms with Gasteiger partial charge in [0.15, 0.2) is 0 Å². The summed E-state index contributed by atoms with van der Waals surface area (Å²) in [6.07, 6.45) is 0.168. The van der Waals surface area contributed by atoms with E-state index in [0.717, 1.165) is 5.56 Å². The zero-order chi connectivity index (χ0) is 17.6. The summed E-state index contributed by atoms with van der Waals surface area (Å²) in [4.78, 5) is 23.9. The monoisotopic (exact) mass is 327 g/mol. The standard InChI is InChI=1S/C19H21NO4/c1-19(18(22)23,15-8-4-3-5-9-15)13-20-17(21)12-14-7-6-10-16(11-14)24-2/h3-11H,12-13H2,1-2H3,(H,20,21)(H,22,23). The topological polar surface area (TPSA) is 75.6 Å². The molecule has 0 saturated carbocycles. The van der Waals surface area contributed by atoms with Gasteiger partial charge in [0.25, 0.3) is 0 Å². The molecule has 5 nitrogen and oxygen atoms in total. The van der Waals surface area contributed by atoms with Crippen molar-refractivity contribution in [2.45, 2.75) is 18.8 Å². The molecule has 126 valence electrons. The zero-order valence-electron chi connectivity index (χ0n) is 13.8. The van der Waals surface area contributed by atoms with Crippen molar-refractivity contribution < 1.29 is 19.4 Å². The number of aliphatic carboxylic acids is 1. The van der Waals surface area contributed by atoms with E-state index in [4.69, 9.17) is 4.74 Å². The molecule has 1 unspecified atom stereocenters. The van der Waals surface area contributed by atoms with Gasteiger partial charge >= 0.3 is 5.97 Å². The number of nitrogens with one attached hydrogen (secondary N) is 1. The molecule has 0 aliphatic heterocycles. The van der Waals surface area contributed by atoms with Crippen LogP contribution < -0.4 is 10.1 Å². The molecule has 1 amide bonds. The van der Waals surface area contributed by atoms with Crippen LogP contribution in [-0.4, -0.2) is 30.6 Å². The minimum Gasteiger partial charge on any atom is -0.497 e. The first-order valence-electron chi connectivity index (χ1n) is 7.64. The molecular formula is C19H21NO4. The molecule has 24 heavy (non-hydrogen) atoms. The Morgan fingerprint density at radius 3 is 2.46 bits per heavy atom. The van der Waals surface area contributed by atoms with E-state index < -0.39 is 11.4 Å². The van der Waals surface area contributed by atoms with Gasteiger partial charge < -0.3 is 15.2 Å². The van der Waals surface area contributed by atoms with Gasteiger partial charge in [-0.05, 0) is 30.2 Å². The number of ether oxygens (including phenoxy) is 1. The number of benzene rings is 2. The molecule has 1 atom stereocenters. The van der Waals surface area contributed by atoms with Gasteiger partial charge in [-0.1, -0.05) is 42.5 Å². The van der Waals surface area contributed by atoms with Crippen molar-refractivity contribution in [1.82, 2.24) is 5.32 Å². The smallest absolute Gasteiger partial charge is 0.315 e. The molecule has 0 aliphatic rings. The average molecular weight is 327 g/mol. The van der Waals surface area contributed by atoms with Crippen LogP contribution in [0.2, 0.25) is 0 Å². The molecule has 0 saturated heterocycles. The van der Waals surface area contributed by atoms with Crippen LogP contribution in [0.15, 0.2) is 54.6 Å². The van der Waals surface area contributed by atoms with Gasteiger partial charge in [0.05, 0.1) is 13.5 Å². The predicted molar refractivity (Wildman–Crippen MR) is 91.1 cm³/mol. The van der Waals surface area contributed by atoms with Crippen LogP contribution in [-0.2, 0) is 21.4 Å². The van der Waals surface area contributed by atoms with Crippen molar-refractivity contribution in [2.75, 3.05) is 13.7 Å². The molecule has 5 heteroatoms. The Hall–Kier alpha value is -2.82. The number of methoxy groups -OCH3 is 1. The van der Waals surface area contributed by atoms with Crippen molar-refractivity contribution in [1.29, 1.82) is 0 Å². The van der Waals surface area contributed by atoms with Crippen molar-refractivity contribution in [3.63, 3.8) is 0 Å². The zero-order valence-corrected chi connectivity index (χ0v) is 13.8. The minimum absolute atomic E-state index is 0.0230. The lowest BCUT2D eigenvalue weighted by molar-refractivity contribution is -0.143. The van der Waals surface area contributed by atoms with Gasteiger partial charge in [-0.15, -0.1) is 0 Å². The lowest BCUT2D eigenvalue weighted by atomic mass is 9.82. The maximum absolute atomic E-state index is 12.2. The number of carboxylic acids is 1. The van der Waals surface area contributed by atoms with Crippen LogP contribution >= 0.6 is 0 Å². The van der Waals surface area contributed by atoms with E-state index in [2.05, 4.69) is 5.32 Å². The molecule has 0 radical (unpaired) electrons. The van der Waals surface area contributed by atoms with Crippen molar-refractivity contribution >= 4 is 11.9 Å². The van der Waals surface area contributed by atoms with Gasteiger partial charge in [-0.25, -0.2) is 0 Å². The van der Waals surface area contributed by atoms with Crippen LogP contribution in [0.5, 0.6) is 5.75 Å². The summed E-state index contributed by atoms with van der Waals surface area (Å²) in [5.74, 6) is -0.526. The van der Waals surface area contributed by atoms with Crippen LogP contribution in [0.25, 0.3) is 0 Å². The lowest BCUT2D eigenvalue weighted by Crippen LogP contribution is -2.44. The highest BCUT2D eigenvalue weighted by atomic mass is 16.5. The van der Waals surface area contributed by atoms with Gasteiger partial charge in [-0.3, -0.25) is 9.59 Å². The minimum atomic E-state index is -1.18. The second-order valence-corrected chi connectivity index (χ2v) is 5.81. The third-order valence-electron chi connectivity index (χ3n) is 4.02. The van der Waals surface area contributed by atoms with E-state index in [1.807, 2.05) is 18.2 Å². The summed E-state index contributed by atoms with van der Waals surface area (Å²) in [5, 5.41) is 12.3. The number of carbonyl (C=O) groups is 2. The van der Waals surface area contributed by atoms with Crippen molar-refractivity contribution in [2.24, 2.45) is 0 Å². The number of hydrogen-bond acceptors (Lipinski definition) is 3.